The van der Waals surface area contributed by atoms with E-state index in [0.717, 1.165) is 36.5 Å². The summed E-state index contributed by atoms with van der Waals surface area (Å²) >= 11 is 0. The van der Waals surface area contributed by atoms with Crippen LogP contribution >= 0.6 is 0 Å². The fourth-order valence-electron chi connectivity index (χ4n) is 2.54. The predicted molar refractivity (Wildman–Crippen MR) is 100 cm³/mol. The van der Waals surface area contributed by atoms with E-state index in [1.807, 2.05) is 30.3 Å². The monoisotopic (exact) mass is 353 g/mol. The van der Waals surface area contributed by atoms with E-state index in [1.165, 1.54) is 6.08 Å². The van der Waals surface area contributed by atoms with Gasteiger partial charge in [0.2, 0.25) is 5.91 Å². The molecule has 5 nitrogen and oxygen atoms in total. The molecular weight excluding hydrogens is 330 g/mol. The quantitative estimate of drug-likeness (QED) is 0.716. The molecule has 0 bridgehead atoms. The van der Waals surface area contributed by atoms with Crippen molar-refractivity contribution in [2.24, 2.45) is 5.92 Å². The van der Waals surface area contributed by atoms with Crippen LogP contribution in [0.1, 0.15) is 11.1 Å². The van der Waals surface area contributed by atoms with Gasteiger partial charge >= 0.3 is 0 Å². The van der Waals surface area contributed by atoms with Crippen LogP contribution in [0.5, 0.6) is 11.5 Å². The third-order valence-corrected chi connectivity index (χ3v) is 4.13. The van der Waals surface area contributed by atoms with Crippen LogP contribution in [0.3, 0.4) is 0 Å². The summed E-state index contributed by atoms with van der Waals surface area (Å²) in [4.78, 5) is 11.8. The number of carbonyl (C=O) groups is 1. The topological polar surface area (TPSA) is 67.8 Å². The number of hydrogen-bond donors (Lipinski definition) is 2. The molecule has 2 aromatic carbocycles. The highest BCUT2D eigenvalue weighted by molar-refractivity contribution is 5.91. The molecular formula is C21H23NO4. The molecule has 26 heavy (non-hydrogen) atoms. The zero-order valence-electron chi connectivity index (χ0n) is 14.6. The Morgan fingerprint density at radius 1 is 1.23 bits per heavy atom. The van der Waals surface area contributed by atoms with Crippen LogP contribution in [0.15, 0.2) is 54.6 Å². The van der Waals surface area contributed by atoms with Crippen LogP contribution in [-0.4, -0.2) is 37.4 Å². The van der Waals surface area contributed by atoms with Crippen LogP contribution in [0.4, 0.5) is 0 Å². The molecule has 1 amide bonds. The molecule has 0 aliphatic carbocycles. The van der Waals surface area contributed by atoms with E-state index in [0.29, 0.717) is 19.1 Å². The first-order valence-electron chi connectivity index (χ1n) is 8.73. The van der Waals surface area contributed by atoms with Crippen LogP contribution in [-0.2, 0) is 16.0 Å². The Morgan fingerprint density at radius 2 is 2.04 bits per heavy atom. The van der Waals surface area contributed by atoms with Gasteiger partial charge in [0.15, 0.2) is 0 Å². The van der Waals surface area contributed by atoms with Crippen molar-refractivity contribution in [3.05, 3.63) is 65.7 Å². The summed E-state index contributed by atoms with van der Waals surface area (Å²) in [6.45, 7) is 2.83. The second kappa shape index (κ2) is 9.06. The van der Waals surface area contributed by atoms with E-state index >= 15 is 0 Å². The minimum Gasteiger partial charge on any atom is -0.508 e. The second-order valence-corrected chi connectivity index (χ2v) is 6.33. The van der Waals surface area contributed by atoms with Gasteiger partial charge in [0, 0.05) is 18.5 Å². The van der Waals surface area contributed by atoms with Crippen LogP contribution in [0.2, 0.25) is 0 Å². The molecule has 2 N–H and O–H groups in total. The van der Waals surface area contributed by atoms with Gasteiger partial charge in [0.25, 0.3) is 0 Å². The summed E-state index contributed by atoms with van der Waals surface area (Å²) in [5.41, 5.74) is 1.92. The zero-order chi connectivity index (χ0) is 18.2. The Hall–Kier alpha value is -2.79. The van der Waals surface area contributed by atoms with Crippen molar-refractivity contribution in [3.8, 4) is 11.5 Å². The summed E-state index contributed by atoms with van der Waals surface area (Å²) in [6, 6.07) is 14.7. The zero-order valence-corrected chi connectivity index (χ0v) is 14.6. The van der Waals surface area contributed by atoms with Crippen LogP contribution in [0.25, 0.3) is 6.08 Å². The standard InChI is InChI=1S/C21H23NO4/c23-19-3-1-2-17(12-19)6-9-21(24)22-11-10-16-4-7-20(8-5-16)26-15-18-13-25-14-18/h1-9,12,18,23H,10-11,13-15H2,(H,22,24)/b9-6+. The van der Waals surface area contributed by atoms with Gasteiger partial charge in [-0.05, 0) is 47.9 Å². The van der Waals surface area contributed by atoms with Crippen LogP contribution in [0, 0.1) is 5.92 Å². The van der Waals surface area contributed by atoms with Gasteiger partial charge in [-0.15, -0.1) is 0 Å². The van der Waals surface area contributed by atoms with Crippen LogP contribution < -0.4 is 10.1 Å². The highest BCUT2D eigenvalue weighted by Gasteiger charge is 2.18. The molecule has 0 radical (unpaired) electrons. The number of amides is 1. The summed E-state index contributed by atoms with van der Waals surface area (Å²) in [6.07, 6.45) is 3.90. The lowest BCUT2D eigenvalue weighted by Gasteiger charge is -2.25. The van der Waals surface area contributed by atoms with Gasteiger partial charge in [-0.2, -0.15) is 0 Å². The normalized spacial score (nSPS) is 14.2. The van der Waals surface area contributed by atoms with Gasteiger partial charge in [0.1, 0.15) is 11.5 Å². The number of aromatic hydroxyl groups is 1. The van der Waals surface area contributed by atoms with Gasteiger partial charge in [0.05, 0.1) is 19.8 Å². The van der Waals surface area contributed by atoms with E-state index in [2.05, 4.69) is 5.32 Å². The maximum atomic E-state index is 11.8. The molecule has 1 aliphatic rings. The average Bonchev–Trinajstić information content (AvgIpc) is 2.60. The molecule has 3 rings (SSSR count). The van der Waals surface area contributed by atoms with E-state index in [-0.39, 0.29) is 11.7 Å². The lowest BCUT2D eigenvalue weighted by Crippen LogP contribution is -2.32. The van der Waals surface area contributed by atoms with Gasteiger partial charge < -0.3 is 19.9 Å². The Kier molecular flexibility index (Phi) is 6.28. The largest absolute Gasteiger partial charge is 0.508 e. The number of benzene rings is 2. The average molecular weight is 353 g/mol. The number of nitrogens with one attached hydrogen (secondary N) is 1. The lowest BCUT2D eigenvalue weighted by molar-refractivity contribution is -0.116. The minimum atomic E-state index is -0.156. The molecule has 136 valence electrons. The highest BCUT2D eigenvalue weighted by Crippen LogP contribution is 2.16. The van der Waals surface area contributed by atoms with Crippen molar-refractivity contribution < 1.29 is 19.4 Å². The third kappa shape index (κ3) is 5.63. The lowest BCUT2D eigenvalue weighted by atomic mass is 10.1. The molecule has 1 aliphatic heterocycles. The van der Waals surface area contributed by atoms with Crippen molar-refractivity contribution in [3.63, 3.8) is 0 Å². The number of carbonyl (C=O) groups excluding carboxylic acids is 1. The van der Waals surface area contributed by atoms with Crippen molar-refractivity contribution in [1.82, 2.24) is 5.32 Å². The molecule has 2 aromatic rings. The van der Waals surface area contributed by atoms with Crippen molar-refractivity contribution in [2.75, 3.05) is 26.4 Å². The Labute approximate surface area is 153 Å². The summed E-state index contributed by atoms with van der Waals surface area (Å²) in [5, 5.41) is 12.2. The molecule has 0 spiro atoms. The number of phenols is 1. The number of ether oxygens (including phenoxy) is 2. The first kappa shape index (κ1) is 18.0. The highest BCUT2D eigenvalue weighted by atomic mass is 16.5. The molecule has 0 unspecified atom stereocenters. The molecule has 0 aromatic heterocycles. The van der Waals surface area contributed by atoms with E-state index < -0.39 is 0 Å². The third-order valence-electron chi connectivity index (χ3n) is 4.13. The summed E-state index contributed by atoms with van der Waals surface area (Å²) in [7, 11) is 0. The van der Waals surface area contributed by atoms with Gasteiger partial charge in [-0.25, -0.2) is 0 Å². The Morgan fingerprint density at radius 3 is 2.73 bits per heavy atom. The first-order chi connectivity index (χ1) is 12.7. The number of hydrogen-bond acceptors (Lipinski definition) is 4. The Bertz CT molecular complexity index is 751. The maximum absolute atomic E-state index is 11.8. The van der Waals surface area contributed by atoms with Crippen molar-refractivity contribution in [2.45, 2.75) is 6.42 Å². The fourth-order valence-corrected chi connectivity index (χ4v) is 2.54. The number of rotatable bonds is 8. The SMILES string of the molecule is O=C(/C=C/c1cccc(O)c1)NCCc1ccc(OCC2COC2)cc1. The molecule has 0 saturated carbocycles. The maximum Gasteiger partial charge on any atom is 0.244 e. The van der Waals surface area contributed by atoms with Gasteiger partial charge in [-0.1, -0.05) is 24.3 Å². The fraction of sp³-hybridized carbons (Fsp3) is 0.286. The molecule has 5 heteroatoms. The number of phenolic OH excluding ortho intramolecular Hbond substituents is 1. The predicted octanol–water partition coefficient (Wildman–Crippen LogP) is 2.79. The summed E-state index contributed by atoms with van der Waals surface area (Å²) < 4.78 is 10.8. The molecule has 1 heterocycles. The van der Waals surface area contributed by atoms with E-state index in [9.17, 15) is 9.90 Å². The van der Waals surface area contributed by atoms with Crippen molar-refractivity contribution in [1.29, 1.82) is 0 Å². The molecule has 1 saturated heterocycles. The van der Waals surface area contributed by atoms with E-state index in [1.54, 1.807) is 24.3 Å². The van der Waals surface area contributed by atoms with Crippen molar-refractivity contribution >= 4 is 12.0 Å². The second-order valence-electron chi connectivity index (χ2n) is 6.33. The minimum absolute atomic E-state index is 0.156. The summed E-state index contributed by atoms with van der Waals surface area (Å²) in [5.74, 6) is 1.40. The van der Waals surface area contributed by atoms with Gasteiger partial charge in [-0.3, -0.25) is 4.79 Å². The smallest absolute Gasteiger partial charge is 0.244 e. The molecule has 1 fully saturated rings. The van der Waals surface area contributed by atoms with E-state index in [4.69, 9.17) is 9.47 Å². The molecule has 0 atom stereocenters. The first-order valence-corrected chi connectivity index (χ1v) is 8.73. The Balaban J connectivity index is 1.37.